The van der Waals surface area contributed by atoms with Gasteiger partial charge in [0.25, 0.3) is 0 Å². The molecule has 2 aromatic rings. The quantitative estimate of drug-likeness (QED) is 0.367. The molecule has 0 spiro atoms. The molecule has 0 bridgehead atoms. The lowest BCUT2D eigenvalue weighted by Gasteiger charge is -2.18. The lowest BCUT2D eigenvalue weighted by atomic mass is 9.98. The van der Waals surface area contributed by atoms with Crippen molar-refractivity contribution < 1.29 is 24.2 Å². The van der Waals surface area contributed by atoms with Crippen LogP contribution in [0, 0.1) is 0 Å². The van der Waals surface area contributed by atoms with Gasteiger partial charge in [-0.05, 0) is 41.5 Å². The summed E-state index contributed by atoms with van der Waals surface area (Å²) in [4.78, 5) is 36.0. The Kier molecular flexibility index (Phi) is 8.02. The summed E-state index contributed by atoms with van der Waals surface area (Å²) in [5, 5.41) is 14.2. The van der Waals surface area contributed by atoms with Crippen LogP contribution in [0.1, 0.15) is 42.7 Å². The molecule has 0 aromatic heterocycles. The first-order valence-electron chi connectivity index (χ1n) is 10.7. The van der Waals surface area contributed by atoms with E-state index in [1.54, 1.807) is 6.08 Å². The first-order chi connectivity index (χ1) is 15.5. The number of alkyl carbamates (subject to hydrolysis) is 1. The van der Waals surface area contributed by atoms with E-state index in [9.17, 15) is 14.4 Å². The second-order valence-electron chi connectivity index (χ2n) is 7.70. The predicted molar refractivity (Wildman–Crippen MR) is 121 cm³/mol. The first-order valence-corrected chi connectivity index (χ1v) is 10.7. The Hall–Kier alpha value is -3.61. The largest absolute Gasteiger partial charge is 0.481 e. The number of benzene rings is 2. The highest BCUT2D eigenvalue weighted by Crippen LogP contribution is 2.44. The summed E-state index contributed by atoms with van der Waals surface area (Å²) in [5.74, 6) is -1.85. The zero-order valence-electron chi connectivity index (χ0n) is 17.9. The zero-order chi connectivity index (χ0) is 22.9. The summed E-state index contributed by atoms with van der Waals surface area (Å²) in [7, 11) is 0. The highest BCUT2D eigenvalue weighted by molar-refractivity contribution is 5.89. The van der Waals surface area contributed by atoms with Crippen LogP contribution >= 0.6 is 0 Å². The van der Waals surface area contributed by atoms with Crippen molar-refractivity contribution in [2.24, 2.45) is 0 Å². The van der Waals surface area contributed by atoms with Crippen LogP contribution in [0.15, 0.2) is 61.2 Å². The molecular weight excluding hydrogens is 408 g/mol. The highest BCUT2D eigenvalue weighted by atomic mass is 16.5. The molecule has 0 radical (unpaired) electrons. The third kappa shape index (κ3) is 5.75. The number of hydrogen-bond acceptors (Lipinski definition) is 4. The number of rotatable bonds is 11. The third-order valence-corrected chi connectivity index (χ3v) is 5.47. The number of ether oxygens (including phenoxy) is 1. The molecule has 1 unspecified atom stereocenters. The fourth-order valence-electron chi connectivity index (χ4n) is 3.91. The molecule has 0 heterocycles. The molecule has 32 heavy (non-hydrogen) atoms. The van der Waals surface area contributed by atoms with Crippen LogP contribution in [0.5, 0.6) is 0 Å². The van der Waals surface area contributed by atoms with E-state index in [0.29, 0.717) is 6.54 Å². The van der Waals surface area contributed by atoms with E-state index in [2.05, 4.69) is 17.2 Å². The molecule has 1 atom stereocenters. The molecule has 3 rings (SSSR count). The Labute approximate surface area is 187 Å². The van der Waals surface area contributed by atoms with Gasteiger partial charge >= 0.3 is 12.1 Å². The summed E-state index contributed by atoms with van der Waals surface area (Å²) >= 11 is 0. The molecule has 1 aliphatic rings. The number of unbranched alkanes of at least 4 members (excludes halogenated alkanes) is 2. The molecule has 0 aliphatic heterocycles. The second-order valence-corrected chi connectivity index (χ2v) is 7.70. The van der Waals surface area contributed by atoms with E-state index in [-0.39, 0.29) is 12.5 Å². The van der Waals surface area contributed by atoms with Gasteiger partial charge < -0.3 is 20.5 Å². The first kappa shape index (κ1) is 23.1. The van der Waals surface area contributed by atoms with Crippen molar-refractivity contribution in [1.29, 1.82) is 0 Å². The van der Waals surface area contributed by atoms with E-state index < -0.39 is 30.4 Å². The van der Waals surface area contributed by atoms with Crippen LogP contribution in [0.2, 0.25) is 0 Å². The van der Waals surface area contributed by atoms with Gasteiger partial charge in [0.2, 0.25) is 5.91 Å². The van der Waals surface area contributed by atoms with E-state index in [4.69, 9.17) is 9.84 Å². The molecule has 0 fully saturated rings. The minimum Gasteiger partial charge on any atom is -0.481 e. The maximum atomic E-state index is 12.4. The summed E-state index contributed by atoms with van der Waals surface area (Å²) in [5.41, 5.74) is 4.36. The standard InChI is InChI=1S/C25H28N2O5/c1-2-3-4-9-14-26-24(30)22(15-23(28)29)27-25(31)32-16-21-19-12-7-5-10-17(19)18-11-6-8-13-20(18)21/h2,5-8,10-13,21-22H,1,3-4,9,14-16H2,(H,26,30)(H,27,31)(H,28,29). The summed E-state index contributed by atoms with van der Waals surface area (Å²) < 4.78 is 5.43. The van der Waals surface area contributed by atoms with Gasteiger partial charge in [-0.2, -0.15) is 0 Å². The zero-order valence-corrected chi connectivity index (χ0v) is 17.9. The summed E-state index contributed by atoms with van der Waals surface area (Å²) in [6, 6.07) is 14.7. The Bertz CT molecular complexity index is 942. The Balaban J connectivity index is 1.59. The second kappa shape index (κ2) is 11.1. The number of carbonyl (C=O) groups excluding carboxylic acids is 2. The number of carbonyl (C=O) groups is 3. The lowest BCUT2D eigenvalue weighted by molar-refractivity contribution is -0.139. The van der Waals surface area contributed by atoms with Crippen LogP contribution in [0.3, 0.4) is 0 Å². The van der Waals surface area contributed by atoms with Gasteiger partial charge in [-0.3, -0.25) is 9.59 Å². The van der Waals surface area contributed by atoms with E-state index >= 15 is 0 Å². The Morgan fingerprint density at radius 3 is 2.25 bits per heavy atom. The van der Waals surface area contributed by atoms with E-state index in [0.717, 1.165) is 41.5 Å². The molecular formula is C25H28N2O5. The number of fused-ring (bicyclic) bond motifs is 3. The van der Waals surface area contributed by atoms with Gasteiger partial charge in [-0.25, -0.2) is 4.79 Å². The summed E-state index contributed by atoms with van der Waals surface area (Å²) in [6.45, 7) is 4.13. The molecule has 2 amide bonds. The molecule has 7 heteroatoms. The number of amides is 2. The normalized spacial score (nSPS) is 12.9. The lowest BCUT2D eigenvalue weighted by Crippen LogP contribution is -2.48. The summed E-state index contributed by atoms with van der Waals surface area (Å²) in [6.07, 6.45) is 2.90. The fraction of sp³-hybridized carbons (Fsp3) is 0.320. The fourth-order valence-corrected chi connectivity index (χ4v) is 3.91. The molecule has 7 nitrogen and oxygen atoms in total. The Morgan fingerprint density at radius 1 is 1.03 bits per heavy atom. The van der Waals surface area contributed by atoms with Crippen molar-refractivity contribution in [2.45, 2.75) is 37.6 Å². The minimum atomic E-state index is -1.21. The molecule has 168 valence electrons. The average Bonchev–Trinajstić information content (AvgIpc) is 3.10. The van der Waals surface area contributed by atoms with E-state index in [1.165, 1.54) is 0 Å². The monoisotopic (exact) mass is 436 g/mol. The number of carboxylic acid groups (broad SMARTS) is 1. The third-order valence-electron chi connectivity index (χ3n) is 5.47. The van der Waals surface area contributed by atoms with Gasteiger partial charge in [0.15, 0.2) is 0 Å². The van der Waals surface area contributed by atoms with Crippen molar-refractivity contribution in [2.75, 3.05) is 13.2 Å². The highest BCUT2D eigenvalue weighted by Gasteiger charge is 2.30. The minimum absolute atomic E-state index is 0.0861. The number of nitrogens with one attached hydrogen (secondary N) is 2. The van der Waals surface area contributed by atoms with Crippen LogP contribution in [0.4, 0.5) is 4.79 Å². The van der Waals surface area contributed by atoms with Crippen LogP contribution in [-0.4, -0.2) is 42.3 Å². The SMILES string of the molecule is C=CCCCCNC(=O)C(CC(=O)O)NC(=O)OCC1c2ccccc2-c2ccccc21. The van der Waals surface area contributed by atoms with Gasteiger partial charge in [0, 0.05) is 12.5 Å². The maximum absolute atomic E-state index is 12.4. The van der Waals surface area contributed by atoms with Crippen LogP contribution in [0.25, 0.3) is 11.1 Å². The smallest absolute Gasteiger partial charge is 0.407 e. The van der Waals surface area contributed by atoms with Crippen molar-refractivity contribution in [1.82, 2.24) is 10.6 Å². The topological polar surface area (TPSA) is 105 Å². The molecule has 3 N–H and O–H groups in total. The number of hydrogen-bond donors (Lipinski definition) is 3. The van der Waals surface area contributed by atoms with E-state index in [1.807, 2.05) is 48.5 Å². The predicted octanol–water partition coefficient (Wildman–Crippen LogP) is 3.84. The van der Waals surface area contributed by atoms with Crippen molar-refractivity contribution in [3.63, 3.8) is 0 Å². The van der Waals surface area contributed by atoms with Crippen LogP contribution in [-0.2, 0) is 14.3 Å². The Morgan fingerprint density at radius 2 is 1.66 bits per heavy atom. The number of aliphatic carboxylic acids is 1. The van der Waals surface area contributed by atoms with Crippen molar-refractivity contribution in [3.05, 3.63) is 72.3 Å². The number of allylic oxidation sites excluding steroid dienone is 1. The van der Waals surface area contributed by atoms with Crippen molar-refractivity contribution in [3.8, 4) is 11.1 Å². The van der Waals surface area contributed by atoms with Gasteiger partial charge in [0.1, 0.15) is 12.6 Å². The maximum Gasteiger partial charge on any atom is 0.407 e. The molecule has 2 aromatic carbocycles. The van der Waals surface area contributed by atoms with Crippen molar-refractivity contribution >= 4 is 18.0 Å². The van der Waals surface area contributed by atoms with Gasteiger partial charge in [0.05, 0.1) is 6.42 Å². The molecule has 0 saturated carbocycles. The molecule has 0 saturated heterocycles. The molecule has 1 aliphatic carbocycles. The number of carboxylic acids is 1. The van der Waals surface area contributed by atoms with Gasteiger partial charge in [-0.1, -0.05) is 54.6 Å². The average molecular weight is 437 g/mol. The van der Waals surface area contributed by atoms with Crippen LogP contribution < -0.4 is 10.6 Å². The van der Waals surface area contributed by atoms with Gasteiger partial charge in [-0.15, -0.1) is 6.58 Å².